The molecule has 1 rings (SSSR count). The van der Waals surface area contributed by atoms with Crippen molar-refractivity contribution in [2.24, 2.45) is 5.92 Å². The van der Waals surface area contributed by atoms with Crippen LogP contribution in [0.25, 0.3) is 0 Å². The fourth-order valence-corrected chi connectivity index (χ4v) is 1.74. The summed E-state index contributed by atoms with van der Waals surface area (Å²) < 4.78 is 0. The van der Waals surface area contributed by atoms with Crippen molar-refractivity contribution in [2.45, 2.75) is 25.8 Å². The molecule has 2 nitrogen and oxygen atoms in total. The van der Waals surface area contributed by atoms with Gasteiger partial charge >= 0.3 is 0 Å². The van der Waals surface area contributed by atoms with E-state index in [1.165, 1.54) is 0 Å². The molecule has 13 heavy (non-hydrogen) atoms. The van der Waals surface area contributed by atoms with Gasteiger partial charge in [-0.3, -0.25) is 4.79 Å². The molecule has 0 aromatic heterocycles. The van der Waals surface area contributed by atoms with Crippen LogP contribution in [0.4, 0.5) is 0 Å². The van der Waals surface area contributed by atoms with Gasteiger partial charge in [-0.1, -0.05) is 6.08 Å². The number of piperidine rings is 1. The van der Waals surface area contributed by atoms with E-state index >= 15 is 0 Å². The third kappa shape index (κ3) is 2.12. The zero-order valence-electron chi connectivity index (χ0n) is 7.99. The van der Waals surface area contributed by atoms with E-state index in [2.05, 4.69) is 12.5 Å². The number of nitrogens with zero attached hydrogens (tertiary/aromatic N) is 1. The Morgan fingerprint density at radius 2 is 2.38 bits per heavy atom. The molecule has 1 aliphatic rings. The van der Waals surface area contributed by atoms with Crippen molar-refractivity contribution < 1.29 is 4.79 Å². The van der Waals surface area contributed by atoms with Crippen LogP contribution < -0.4 is 0 Å². The number of terminal acetylenes is 1. The second-order valence-electron chi connectivity index (χ2n) is 3.42. The predicted octanol–water partition coefficient (Wildman–Crippen LogP) is 1.43. The Bertz CT molecular complexity index is 251. The summed E-state index contributed by atoms with van der Waals surface area (Å²) in [6, 6.07) is 0.182. The molecule has 1 heterocycles. The van der Waals surface area contributed by atoms with Crippen molar-refractivity contribution in [3.63, 3.8) is 0 Å². The van der Waals surface area contributed by atoms with Gasteiger partial charge in [0.05, 0.1) is 0 Å². The first-order valence-corrected chi connectivity index (χ1v) is 4.55. The minimum Gasteiger partial charge on any atom is -0.335 e. The van der Waals surface area contributed by atoms with E-state index in [-0.39, 0.29) is 17.9 Å². The number of likely N-dealkylation sites (tertiary alicyclic amines) is 1. The molecule has 70 valence electrons. The Balaban J connectivity index is 2.69. The Kier molecular flexibility index (Phi) is 3.13. The van der Waals surface area contributed by atoms with Gasteiger partial charge in [0.2, 0.25) is 5.91 Å². The molecule has 1 saturated heterocycles. The summed E-state index contributed by atoms with van der Waals surface area (Å²) in [5.74, 6) is 3.02. The molecule has 0 N–H and O–H groups in total. The molecule has 0 aromatic carbocycles. The van der Waals surface area contributed by atoms with E-state index in [4.69, 9.17) is 6.42 Å². The van der Waals surface area contributed by atoms with Crippen molar-refractivity contribution >= 4 is 5.91 Å². The third-order valence-corrected chi connectivity index (χ3v) is 2.54. The average Bonchev–Trinajstić information content (AvgIpc) is 2.16. The van der Waals surface area contributed by atoms with Crippen LogP contribution in [0.2, 0.25) is 0 Å². The molecule has 0 aromatic rings. The lowest BCUT2D eigenvalue weighted by atomic mass is 9.93. The maximum absolute atomic E-state index is 11.2. The Morgan fingerprint density at radius 1 is 1.69 bits per heavy atom. The van der Waals surface area contributed by atoms with Gasteiger partial charge < -0.3 is 4.90 Å². The second-order valence-corrected chi connectivity index (χ2v) is 3.42. The fourth-order valence-electron chi connectivity index (χ4n) is 1.74. The van der Waals surface area contributed by atoms with Crippen LogP contribution in [-0.2, 0) is 4.79 Å². The van der Waals surface area contributed by atoms with E-state index in [1.807, 2.05) is 6.08 Å². The second kappa shape index (κ2) is 4.13. The van der Waals surface area contributed by atoms with Crippen molar-refractivity contribution in [3.05, 3.63) is 12.7 Å². The highest BCUT2D eigenvalue weighted by Gasteiger charge is 2.26. The highest BCUT2D eigenvalue weighted by Crippen LogP contribution is 2.21. The van der Waals surface area contributed by atoms with Crippen LogP contribution in [0.3, 0.4) is 0 Å². The van der Waals surface area contributed by atoms with E-state index in [0.29, 0.717) is 6.54 Å². The Labute approximate surface area is 79.6 Å². The number of rotatable bonds is 1. The molecule has 1 aliphatic heterocycles. The first kappa shape index (κ1) is 9.85. The van der Waals surface area contributed by atoms with E-state index in [0.717, 1.165) is 12.8 Å². The van der Waals surface area contributed by atoms with Gasteiger partial charge in [0.25, 0.3) is 0 Å². The molecule has 0 radical (unpaired) electrons. The number of hydrogen-bond donors (Lipinski definition) is 0. The molecule has 0 saturated carbocycles. The van der Waals surface area contributed by atoms with E-state index in [9.17, 15) is 4.79 Å². The summed E-state index contributed by atoms with van der Waals surface area (Å²) in [5, 5.41) is 0. The predicted molar refractivity (Wildman–Crippen MR) is 52.9 cm³/mol. The fraction of sp³-hybridized carbons (Fsp3) is 0.545. The quantitative estimate of drug-likeness (QED) is 0.438. The summed E-state index contributed by atoms with van der Waals surface area (Å²) in [6.07, 6.45) is 9.11. The molecule has 0 aliphatic carbocycles. The Hall–Kier alpha value is -1.23. The van der Waals surface area contributed by atoms with Crippen molar-refractivity contribution in [1.29, 1.82) is 0 Å². The van der Waals surface area contributed by atoms with Crippen molar-refractivity contribution in [2.75, 3.05) is 6.54 Å². The molecule has 0 bridgehead atoms. The van der Waals surface area contributed by atoms with Gasteiger partial charge in [-0.25, -0.2) is 0 Å². The highest BCUT2D eigenvalue weighted by molar-refractivity contribution is 5.74. The van der Waals surface area contributed by atoms with Crippen LogP contribution in [0.15, 0.2) is 12.7 Å². The lowest BCUT2D eigenvalue weighted by Gasteiger charge is -2.35. The monoisotopic (exact) mass is 177 g/mol. The minimum atomic E-state index is 0.0878. The number of hydrogen-bond acceptors (Lipinski definition) is 1. The van der Waals surface area contributed by atoms with Gasteiger partial charge in [0.1, 0.15) is 0 Å². The number of amides is 1. The molecular weight excluding hydrogens is 162 g/mol. The molecule has 2 atom stereocenters. The van der Waals surface area contributed by atoms with E-state index < -0.39 is 0 Å². The average molecular weight is 177 g/mol. The van der Waals surface area contributed by atoms with E-state index in [1.54, 1.807) is 11.8 Å². The van der Waals surface area contributed by atoms with Gasteiger partial charge in [0, 0.05) is 25.4 Å². The summed E-state index contributed by atoms with van der Waals surface area (Å²) in [7, 11) is 0. The zero-order chi connectivity index (χ0) is 9.84. The van der Waals surface area contributed by atoms with Crippen LogP contribution >= 0.6 is 0 Å². The standard InChI is InChI=1S/C11H15NO/c1-4-10-6-7-11(5-2)12(8-10)9(3)13/h1,5,10-11H,2,6-8H2,3H3/t10-,11+/m1/s1. The third-order valence-electron chi connectivity index (χ3n) is 2.54. The van der Waals surface area contributed by atoms with Gasteiger partial charge in [-0.15, -0.1) is 18.9 Å². The molecule has 2 heteroatoms. The maximum atomic E-state index is 11.2. The molecular formula is C11H15NO. The summed E-state index contributed by atoms with van der Waals surface area (Å²) in [6.45, 7) is 5.98. The Morgan fingerprint density at radius 3 is 2.85 bits per heavy atom. The van der Waals surface area contributed by atoms with Crippen LogP contribution in [0.1, 0.15) is 19.8 Å². The van der Waals surface area contributed by atoms with Gasteiger partial charge in [-0.2, -0.15) is 0 Å². The smallest absolute Gasteiger partial charge is 0.219 e. The topological polar surface area (TPSA) is 20.3 Å². The minimum absolute atomic E-state index is 0.0878. The summed E-state index contributed by atoms with van der Waals surface area (Å²) in [4.78, 5) is 13.0. The number of carbonyl (C=O) groups is 1. The van der Waals surface area contributed by atoms with Crippen LogP contribution in [-0.4, -0.2) is 23.4 Å². The molecule has 0 spiro atoms. The lowest BCUT2D eigenvalue weighted by Crippen LogP contribution is -2.44. The van der Waals surface area contributed by atoms with Crippen molar-refractivity contribution in [3.8, 4) is 12.3 Å². The summed E-state index contributed by atoms with van der Waals surface area (Å²) in [5.41, 5.74) is 0. The van der Waals surface area contributed by atoms with Crippen LogP contribution in [0.5, 0.6) is 0 Å². The van der Waals surface area contributed by atoms with Gasteiger partial charge in [0.15, 0.2) is 0 Å². The largest absolute Gasteiger partial charge is 0.335 e. The lowest BCUT2D eigenvalue weighted by molar-refractivity contribution is -0.131. The first-order valence-electron chi connectivity index (χ1n) is 4.55. The first-order chi connectivity index (χ1) is 6.19. The molecule has 1 amide bonds. The molecule has 1 fully saturated rings. The SMILES string of the molecule is C#C[C@@H]1CC[C@H](C=C)N(C(C)=O)C1. The maximum Gasteiger partial charge on any atom is 0.219 e. The summed E-state index contributed by atoms with van der Waals surface area (Å²) >= 11 is 0. The van der Waals surface area contributed by atoms with Gasteiger partial charge in [-0.05, 0) is 12.8 Å². The van der Waals surface area contributed by atoms with Crippen molar-refractivity contribution in [1.82, 2.24) is 4.90 Å². The highest BCUT2D eigenvalue weighted by atomic mass is 16.2. The number of carbonyl (C=O) groups excluding carboxylic acids is 1. The van der Waals surface area contributed by atoms with Crippen LogP contribution in [0, 0.1) is 18.3 Å². The molecule has 0 unspecified atom stereocenters. The normalized spacial score (nSPS) is 27.8. The zero-order valence-corrected chi connectivity index (χ0v) is 7.99.